The molecule has 0 aliphatic carbocycles. The van der Waals surface area contributed by atoms with E-state index in [2.05, 4.69) is 10.4 Å². The molecule has 0 saturated carbocycles. The number of hydrogen-bond donors (Lipinski definition) is 1. The molecule has 1 heterocycles. The Morgan fingerprint density at radius 1 is 1.09 bits per heavy atom. The first-order valence-electron chi connectivity index (χ1n) is 10.7. The maximum Gasteiger partial charge on any atom is 0.354 e. The molecule has 2 amide bonds. The van der Waals surface area contributed by atoms with Crippen LogP contribution in [0.25, 0.3) is 0 Å². The lowest BCUT2D eigenvalue weighted by Crippen LogP contribution is -2.39. The summed E-state index contributed by atoms with van der Waals surface area (Å²) < 4.78 is 15.7. The van der Waals surface area contributed by atoms with Gasteiger partial charge in [-0.25, -0.2) is 4.79 Å². The lowest BCUT2D eigenvalue weighted by Gasteiger charge is -2.24. The van der Waals surface area contributed by atoms with E-state index in [0.717, 1.165) is 0 Å². The van der Waals surface area contributed by atoms with E-state index in [9.17, 15) is 14.4 Å². The number of ether oxygens (including phenoxy) is 3. The van der Waals surface area contributed by atoms with Gasteiger partial charge in [0, 0.05) is 26.6 Å². The van der Waals surface area contributed by atoms with Gasteiger partial charge in [0.25, 0.3) is 5.91 Å². The molecular weight excluding hydrogens is 440 g/mol. The number of nitrogens with zero attached hydrogens (tertiary/aromatic N) is 3. The number of benzene rings is 2. The molecule has 0 fully saturated rings. The second-order valence-electron chi connectivity index (χ2n) is 7.61. The smallest absolute Gasteiger partial charge is 0.354 e. The van der Waals surface area contributed by atoms with Crippen LogP contribution in [0.4, 0.5) is 11.4 Å². The number of rotatable bonds is 8. The molecular formula is C24H28N4O6. The molecule has 2 aromatic carbocycles. The zero-order chi connectivity index (χ0) is 24.8. The molecule has 0 aromatic heterocycles. The highest BCUT2D eigenvalue weighted by molar-refractivity contribution is 6.38. The number of hydrogen-bond acceptors (Lipinski definition) is 8. The van der Waals surface area contributed by atoms with Crippen molar-refractivity contribution in [2.75, 3.05) is 45.2 Å². The molecule has 0 spiro atoms. The van der Waals surface area contributed by atoms with Crippen LogP contribution in [-0.2, 0) is 14.3 Å². The molecule has 1 unspecified atom stereocenters. The molecule has 3 rings (SSSR count). The number of anilines is 2. The minimum atomic E-state index is -0.836. The van der Waals surface area contributed by atoms with Crippen LogP contribution in [0.3, 0.4) is 0 Å². The van der Waals surface area contributed by atoms with E-state index in [1.807, 2.05) is 18.2 Å². The van der Waals surface area contributed by atoms with Gasteiger partial charge in [0.15, 0.2) is 11.5 Å². The van der Waals surface area contributed by atoms with E-state index in [1.165, 1.54) is 36.3 Å². The quantitative estimate of drug-likeness (QED) is 0.593. The molecule has 10 heteroatoms. The number of nitrogens with one attached hydrogen (secondary N) is 1. The number of esters is 1. The van der Waals surface area contributed by atoms with Crippen LogP contribution in [0.2, 0.25) is 0 Å². The topological polar surface area (TPSA) is 110 Å². The predicted octanol–water partition coefficient (Wildman–Crippen LogP) is 2.54. The average Bonchev–Trinajstić information content (AvgIpc) is 3.30. The fraction of sp³-hybridized carbons (Fsp3) is 0.333. The minimum Gasteiger partial charge on any atom is -0.493 e. The van der Waals surface area contributed by atoms with Crippen molar-refractivity contribution in [1.29, 1.82) is 0 Å². The summed E-state index contributed by atoms with van der Waals surface area (Å²) in [5.74, 6) is -0.653. The molecule has 0 radical (unpaired) electrons. The zero-order valence-electron chi connectivity index (χ0n) is 19.8. The van der Waals surface area contributed by atoms with Gasteiger partial charge in [0.1, 0.15) is 11.8 Å². The van der Waals surface area contributed by atoms with Crippen LogP contribution in [0, 0.1) is 0 Å². The maximum absolute atomic E-state index is 13.4. The second kappa shape index (κ2) is 10.7. The van der Waals surface area contributed by atoms with E-state index >= 15 is 0 Å². The molecule has 0 bridgehead atoms. The van der Waals surface area contributed by atoms with Crippen LogP contribution >= 0.6 is 0 Å². The van der Waals surface area contributed by atoms with Crippen molar-refractivity contribution >= 4 is 34.9 Å². The van der Waals surface area contributed by atoms with E-state index in [-0.39, 0.29) is 35.9 Å². The average molecular weight is 469 g/mol. The van der Waals surface area contributed by atoms with Crippen molar-refractivity contribution in [2.24, 2.45) is 5.10 Å². The Labute approximate surface area is 198 Å². The Bertz CT molecular complexity index is 1100. The number of methoxy groups -OCH3 is 2. The van der Waals surface area contributed by atoms with E-state index in [4.69, 9.17) is 14.2 Å². The highest BCUT2D eigenvalue weighted by atomic mass is 16.5. The molecule has 1 aliphatic heterocycles. The first kappa shape index (κ1) is 24.6. The lowest BCUT2D eigenvalue weighted by atomic mass is 10.1. The van der Waals surface area contributed by atoms with Gasteiger partial charge in [-0.05, 0) is 25.1 Å². The van der Waals surface area contributed by atoms with Gasteiger partial charge in [-0.1, -0.05) is 18.2 Å². The Balaban J connectivity index is 1.97. The lowest BCUT2D eigenvalue weighted by molar-refractivity contribution is -0.135. The standard InChI is InChI=1S/C24H28N4O6/c1-6-34-24(31)18-13-19(28(26-18)15-10-8-7-9-11-15)22(29)25-17-14-21(33-5)20(32-4)12-16(17)23(30)27(2)3/h7-12,14,19H,6,13H2,1-5H3,(H,25,29). The molecule has 1 N–H and O–H groups in total. The highest BCUT2D eigenvalue weighted by Gasteiger charge is 2.37. The molecule has 180 valence electrons. The Hall–Kier alpha value is -4.08. The van der Waals surface area contributed by atoms with Gasteiger partial charge in [-0.3, -0.25) is 14.6 Å². The van der Waals surface area contributed by atoms with E-state index < -0.39 is 17.9 Å². The van der Waals surface area contributed by atoms with Crippen LogP contribution in [0.5, 0.6) is 11.5 Å². The van der Waals surface area contributed by atoms with Gasteiger partial charge in [0.2, 0.25) is 5.91 Å². The SMILES string of the molecule is CCOC(=O)C1=NN(c2ccccc2)C(C(=O)Nc2cc(OC)c(OC)cc2C(=O)N(C)C)C1. The zero-order valence-corrected chi connectivity index (χ0v) is 19.8. The summed E-state index contributed by atoms with van der Waals surface area (Å²) in [5.41, 5.74) is 1.26. The predicted molar refractivity (Wildman–Crippen MR) is 128 cm³/mol. The third-order valence-electron chi connectivity index (χ3n) is 5.16. The van der Waals surface area contributed by atoms with Crippen LogP contribution in [0.15, 0.2) is 47.6 Å². The third kappa shape index (κ3) is 5.11. The molecule has 2 aromatic rings. The van der Waals surface area contributed by atoms with Gasteiger partial charge in [-0.15, -0.1) is 0 Å². The monoisotopic (exact) mass is 468 g/mol. The normalized spacial score (nSPS) is 14.8. The fourth-order valence-corrected chi connectivity index (χ4v) is 3.49. The Morgan fingerprint density at radius 2 is 1.74 bits per heavy atom. The fourth-order valence-electron chi connectivity index (χ4n) is 3.49. The van der Waals surface area contributed by atoms with Gasteiger partial charge >= 0.3 is 5.97 Å². The van der Waals surface area contributed by atoms with Crippen molar-refractivity contribution in [2.45, 2.75) is 19.4 Å². The highest BCUT2D eigenvalue weighted by Crippen LogP contribution is 2.34. The summed E-state index contributed by atoms with van der Waals surface area (Å²) in [6.07, 6.45) is 0.0454. The molecule has 1 aliphatic rings. The van der Waals surface area contributed by atoms with Gasteiger partial charge < -0.3 is 24.4 Å². The molecule has 1 atom stereocenters. The Kier molecular flexibility index (Phi) is 7.72. The van der Waals surface area contributed by atoms with E-state index in [0.29, 0.717) is 17.2 Å². The number of para-hydroxylation sites is 1. The van der Waals surface area contributed by atoms with Crippen LogP contribution in [0.1, 0.15) is 23.7 Å². The number of hydrazone groups is 1. The largest absolute Gasteiger partial charge is 0.493 e. The van der Waals surface area contributed by atoms with E-state index in [1.54, 1.807) is 33.2 Å². The first-order chi connectivity index (χ1) is 16.3. The summed E-state index contributed by atoms with van der Waals surface area (Å²) in [6, 6.07) is 11.2. The number of carbonyl (C=O) groups excluding carboxylic acids is 3. The summed E-state index contributed by atoms with van der Waals surface area (Å²) in [7, 11) is 6.14. The Morgan fingerprint density at radius 3 is 2.32 bits per heavy atom. The van der Waals surface area contributed by atoms with Crippen molar-refractivity contribution in [1.82, 2.24) is 4.90 Å². The van der Waals surface area contributed by atoms with Gasteiger partial charge in [-0.2, -0.15) is 5.10 Å². The van der Waals surface area contributed by atoms with Crippen LogP contribution in [-0.4, -0.2) is 69.4 Å². The van der Waals surface area contributed by atoms with Crippen molar-refractivity contribution < 1.29 is 28.6 Å². The maximum atomic E-state index is 13.4. The summed E-state index contributed by atoms with van der Waals surface area (Å²) in [4.78, 5) is 40.0. The molecule has 0 saturated heterocycles. The summed E-state index contributed by atoms with van der Waals surface area (Å²) in [5, 5.41) is 8.66. The van der Waals surface area contributed by atoms with Crippen molar-refractivity contribution in [3.63, 3.8) is 0 Å². The molecule has 34 heavy (non-hydrogen) atoms. The van der Waals surface area contributed by atoms with Gasteiger partial charge in [0.05, 0.1) is 37.8 Å². The van der Waals surface area contributed by atoms with Crippen LogP contribution < -0.4 is 19.8 Å². The first-order valence-corrected chi connectivity index (χ1v) is 10.7. The minimum absolute atomic E-state index is 0.0454. The third-order valence-corrected chi connectivity index (χ3v) is 5.16. The van der Waals surface area contributed by atoms with Crippen molar-refractivity contribution in [3.8, 4) is 11.5 Å². The summed E-state index contributed by atoms with van der Waals surface area (Å²) in [6.45, 7) is 1.90. The summed E-state index contributed by atoms with van der Waals surface area (Å²) >= 11 is 0. The van der Waals surface area contributed by atoms with Crippen molar-refractivity contribution in [3.05, 3.63) is 48.0 Å². The second-order valence-corrected chi connectivity index (χ2v) is 7.61. The molecule has 10 nitrogen and oxygen atoms in total. The number of amides is 2. The number of carbonyl (C=O) groups is 3.